The molecule has 23 heavy (non-hydrogen) atoms. The van der Waals surface area contributed by atoms with Crippen molar-refractivity contribution in [2.75, 3.05) is 6.61 Å². The highest BCUT2D eigenvalue weighted by atomic mass is 28.2. The molecule has 0 saturated carbocycles. The van der Waals surface area contributed by atoms with E-state index in [4.69, 9.17) is 13.6 Å². The summed E-state index contributed by atoms with van der Waals surface area (Å²) in [5, 5.41) is 1.05. The van der Waals surface area contributed by atoms with Crippen molar-refractivity contribution in [2.45, 2.75) is 41.5 Å². The average Bonchev–Trinajstić information content (AvgIpc) is 2.95. The van der Waals surface area contributed by atoms with Crippen molar-refractivity contribution >= 4 is 27.2 Å². The number of ether oxygens (including phenoxy) is 1. The Balaban J connectivity index is 2.25. The van der Waals surface area contributed by atoms with E-state index in [-0.39, 0.29) is 10.8 Å². The predicted molar refractivity (Wildman–Crippen MR) is 93.4 cm³/mol. The van der Waals surface area contributed by atoms with Gasteiger partial charge >= 0.3 is 10.5 Å². The zero-order valence-electron chi connectivity index (χ0n) is 14.7. The van der Waals surface area contributed by atoms with Gasteiger partial charge in [0, 0.05) is 16.4 Å². The Kier molecular flexibility index (Phi) is 3.63. The smallest absolute Gasteiger partial charge is 0.341 e. The molecule has 1 aliphatic rings. The number of hydrogen-bond donors (Lipinski definition) is 0. The summed E-state index contributed by atoms with van der Waals surface area (Å²) in [6.07, 6.45) is 0. The van der Waals surface area contributed by atoms with E-state index < -0.39 is 0 Å². The van der Waals surface area contributed by atoms with Crippen molar-refractivity contribution in [2.24, 2.45) is 10.8 Å². The molecule has 0 unspecified atom stereocenters. The molecular weight excluding hydrogens is 304 g/mol. The predicted octanol–water partition coefficient (Wildman–Crippen LogP) is 5.02. The van der Waals surface area contributed by atoms with Crippen LogP contribution >= 0.6 is 0 Å². The Morgan fingerprint density at radius 2 is 1.91 bits per heavy atom. The monoisotopic (exact) mass is 327 g/mol. The summed E-state index contributed by atoms with van der Waals surface area (Å²) in [5.74, 6) is 2.49. The minimum absolute atomic E-state index is 0.00283. The fourth-order valence-electron chi connectivity index (χ4n) is 3.72. The lowest BCUT2D eigenvalue weighted by atomic mass is 9.71. The van der Waals surface area contributed by atoms with Crippen LogP contribution in [0.25, 0.3) is 16.7 Å². The van der Waals surface area contributed by atoms with Gasteiger partial charge in [0.05, 0.1) is 6.61 Å². The van der Waals surface area contributed by atoms with Crippen LogP contribution in [-0.4, -0.2) is 17.1 Å². The minimum atomic E-state index is 0.00283. The number of furan rings is 1. The van der Waals surface area contributed by atoms with E-state index >= 15 is 0 Å². The molecule has 0 fully saturated rings. The third-order valence-electron chi connectivity index (χ3n) is 4.46. The first-order chi connectivity index (χ1) is 10.6. The molecule has 2 heterocycles. The van der Waals surface area contributed by atoms with Gasteiger partial charge in [-0.3, -0.25) is 0 Å². The molecule has 0 aliphatic carbocycles. The van der Waals surface area contributed by atoms with E-state index in [1.165, 1.54) is 5.57 Å². The third-order valence-corrected chi connectivity index (χ3v) is 4.70. The Morgan fingerprint density at radius 1 is 1.22 bits per heavy atom. The van der Waals surface area contributed by atoms with Crippen LogP contribution in [0.15, 0.2) is 28.2 Å². The van der Waals surface area contributed by atoms with Gasteiger partial charge in [-0.1, -0.05) is 34.6 Å². The number of hydrogen-bond acceptors (Lipinski definition) is 3. The molecule has 3 radical (unpaired) electrons. The summed E-state index contributed by atoms with van der Waals surface area (Å²) in [7, 11) is 3.08. The molecule has 0 amide bonds. The molecule has 3 rings (SSSR count). The van der Waals surface area contributed by atoms with Gasteiger partial charge in [0.2, 0.25) is 0 Å². The van der Waals surface area contributed by atoms with Crippen LogP contribution < -0.4 is 4.43 Å². The quantitative estimate of drug-likeness (QED) is 0.726. The minimum Gasteiger partial charge on any atom is -0.540 e. The van der Waals surface area contributed by atoms with Gasteiger partial charge < -0.3 is 13.6 Å². The van der Waals surface area contributed by atoms with Crippen molar-refractivity contribution in [1.82, 2.24) is 0 Å². The summed E-state index contributed by atoms with van der Waals surface area (Å²) in [6, 6.07) is 5.78. The summed E-state index contributed by atoms with van der Waals surface area (Å²) in [4.78, 5) is 0. The van der Waals surface area contributed by atoms with Crippen LogP contribution in [0.2, 0.25) is 0 Å². The number of aryl methyl sites for hydroxylation is 1. The normalized spacial score (nSPS) is 17.7. The standard InChI is InChI=1S/C19H23O3Si/c1-11-13-9-12(22-23)7-8-14(13)21-15(11)16-17(18(2,3)4)19(5,6)10-20-16/h7-9H,10H2,1-6H3. The van der Waals surface area contributed by atoms with Gasteiger partial charge in [-0.05, 0) is 36.1 Å². The molecule has 0 bridgehead atoms. The van der Waals surface area contributed by atoms with Crippen LogP contribution in [0.3, 0.4) is 0 Å². The number of benzene rings is 1. The van der Waals surface area contributed by atoms with Gasteiger partial charge in [0.25, 0.3) is 0 Å². The van der Waals surface area contributed by atoms with E-state index in [0.717, 1.165) is 33.8 Å². The Labute approximate surface area is 141 Å². The second-order valence-corrected chi connectivity index (χ2v) is 8.15. The highest BCUT2D eigenvalue weighted by Crippen LogP contribution is 2.50. The van der Waals surface area contributed by atoms with E-state index in [2.05, 4.69) is 52.0 Å². The van der Waals surface area contributed by atoms with Crippen molar-refractivity contribution in [3.05, 3.63) is 35.1 Å². The number of fused-ring (bicyclic) bond motifs is 1. The summed E-state index contributed by atoms with van der Waals surface area (Å²) < 4.78 is 17.4. The molecule has 1 aromatic heterocycles. The van der Waals surface area contributed by atoms with E-state index in [9.17, 15) is 0 Å². The molecule has 3 nitrogen and oxygen atoms in total. The molecule has 0 spiro atoms. The largest absolute Gasteiger partial charge is 0.540 e. The fraction of sp³-hybridized carbons (Fsp3) is 0.474. The van der Waals surface area contributed by atoms with E-state index in [0.29, 0.717) is 6.61 Å². The number of rotatable bonds is 2. The zero-order valence-corrected chi connectivity index (χ0v) is 15.7. The first-order valence-corrected chi connectivity index (χ1v) is 8.31. The SMILES string of the molecule is Cc1c(C2=C(C(C)(C)C)C(C)(C)CO2)oc2ccc(O[Si])cc12. The maximum atomic E-state index is 6.15. The Hall–Kier alpha value is -1.68. The van der Waals surface area contributed by atoms with Crippen LogP contribution in [-0.2, 0) is 4.74 Å². The maximum absolute atomic E-state index is 6.15. The summed E-state index contributed by atoms with van der Waals surface area (Å²) in [6.45, 7) is 13.9. The van der Waals surface area contributed by atoms with Crippen molar-refractivity contribution < 1.29 is 13.6 Å². The molecule has 1 aliphatic heterocycles. The van der Waals surface area contributed by atoms with Crippen molar-refractivity contribution in [1.29, 1.82) is 0 Å². The second kappa shape index (κ2) is 5.16. The molecule has 1 aromatic carbocycles. The average molecular weight is 327 g/mol. The third kappa shape index (κ3) is 2.59. The van der Waals surface area contributed by atoms with Crippen LogP contribution in [0, 0.1) is 17.8 Å². The first-order valence-electron chi connectivity index (χ1n) is 7.90. The lowest BCUT2D eigenvalue weighted by Crippen LogP contribution is -2.24. The van der Waals surface area contributed by atoms with Gasteiger partial charge in [-0.2, -0.15) is 0 Å². The van der Waals surface area contributed by atoms with Crippen LogP contribution in [0.5, 0.6) is 5.75 Å². The maximum Gasteiger partial charge on any atom is 0.341 e. The highest BCUT2D eigenvalue weighted by Gasteiger charge is 2.42. The molecular formula is C19H23O3Si. The molecule has 121 valence electrons. The Bertz CT molecular complexity index is 791. The molecule has 0 N–H and O–H groups in total. The molecule has 0 saturated heterocycles. The topological polar surface area (TPSA) is 31.6 Å². The second-order valence-electron chi connectivity index (χ2n) is 7.94. The van der Waals surface area contributed by atoms with Gasteiger partial charge in [0.15, 0.2) is 11.5 Å². The highest BCUT2D eigenvalue weighted by molar-refractivity contribution is 6.00. The van der Waals surface area contributed by atoms with Gasteiger partial charge in [0.1, 0.15) is 11.3 Å². The van der Waals surface area contributed by atoms with E-state index in [1.807, 2.05) is 18.2 Å². The van der Waals surface area contributed by atoms with Gasteiger partial charge in [-0.15, -0.1) is 0 Å². The van der Waals surface area contributed by atoms with E-state index in [1.54, 1.807) is 0 Å². The molecule has 0 atom stereocenters. The van der Waals surface area contributed by atoms with Crippen LogP contribution in [0.4, 0.5) is 0 Å². The lowest BCUT2D eigenvalue weighted by Gasteiger charge is -2.30. The first kappa shape index (κ1) is 16.2. The van der Waals surface area contributed by atoms with Crippen LogP contribution in [0.1, 0.15) is 45.9 Å². The van der Waals surface area contributed by atoms with Crippen molar-refractivity contribution in [3.8, 4) is 5.75 Å². The zero-order chi connectivity index (χ0) is 17.0. The van der Waals surface area contributed by atoms with Gasteiger partial charge in [-0.25, -0.2) is 0 Å². The molecule has 2 aromatic rings. The molecule has 4 heteroatoms. The van der Waals surface area contributed by atoms with Crippen molar-refractivity contribution in [3.63, 3.8) is 0 Å². The summed E-state index contributed by atoms with van der Waals surface area (Å²) >= 11 is 0. The summed E-state index contributed by atoms with van der Waals surface area (Å²) in [5.41, 5.74) is 3.26. The Morgan fingerprint density at radius 3 is 2.52 bits per heavy atom. The lowest BCUT2D eigenvalue weighted by molar-refractivity contribution is 0.210. The fourth-order valence-corrected chi connectivity index (χ4v) is 3.85.